The Kier molecular flexibility index (Phi) is 6.84. The van der Waals surface area contributed by atoms with Gasteiger partial charge in [0.15, 0.2) is 0 Å². The highest BCUT2D eigenvalue weighted by molar-refractivity contribution is 7.12. The van der Waals surface area contributed by atoms with Gasteiger partial charge in [-0.3, -0.25) is 9.59 Å². The van der Waals surface area contributed by atoms with E-state index in [1.807, 2.05) is 11.4 Å². The van der Waals surface area contributed by atoms with Crippen molar-refractivity contribution in [3.63, 3.8) is 0 Å². The fraction of sp³-hybridized carbons (Fsp3) is 0.400. The van der Waals surface area contributed by atoms with Crippen LogP contribution in [-0.2, 0) is 16.1 Å². The van der Waals surface area contributed by atoms with Gasteiger partial charge in [0.2, 0.25) is 5.91 Å². The van der Waals surface area contributed by atoms with E-state index in [1.165, 1.54) is 17.0 Å². The van der Waals surface area contributed by atoms with Crippen LogP contribution in [0.4, 0.5) is 5.69 Å². The van der Waals surface area contributed by atoms with Gasteiger partial charge in [-0.05, 0) is 29.1 Å². The number of hydrogen-bond acceptors (Lipinski definition) is 5. The zero-order chi connectivity index (χ0) is 19.1. The summed E-state index contributed by atoms with van der Waals surface area (Å²) < 4.78 is 5.38. The van der Waals surface area contributed by atoms with Gasteiger partial charge in [0.25, 0.3) is 5.91 Å². The second-order valence-electron chi connectivity index (χ2n) is 6.50. The van der Waals surface area contributed by atoms with Crippen LogP contribution in [0.3, 0.4) is 0 Å². The number of anilines is 1. The summed E-state index contributed by atoms with van der Waals surface area (Å²) in [5.41, 5.74) is 2.28. The van der Waals surface area contributed by atoms with E-state index in [4.69, 9.17) is 4.74 Å². The number of carbonyl (C=O) groups is 2. The van der Waals surface area contributed by atoms with Gasteiger partial charge in [-0.15, -0.1) is 11.3 Å². The van der Waals surface area contributed by atoms with Crippen LogP contribution in [0.25, 0.3) is 0 Å². The van der Waals surface area contributed by atoms with Crippen LogP contribution in [0, 0.1) is 0 Å². The second-order valence-corrected chi connectivity index (χ2v) is 7.45. The van der Waals surface area contributed by atoms with Crippen molar-refractivity contribution < 1.29 is 14.3 Å². The molecule has 1 aliphatic heterocycles. The number of thiophene rings is 1. The molecule has 0 aliphatic carbocycles. The molecular weight excluding hydrogens is 362 g/mol. The second kappa shape index (κ2) is 9.53. The third kappa shape index (κ3) is 5.55. The van der Waals surface area contributed by atoms with Gasteiger partial charge in [-0.2, -0.15) is 0 Å². The van der Waals surface area contributed by atoms with E-state index in [0.29, 0.717) is 24.4 Å². The molecule has 2 aromatic rings. The monoisotopic (exact) mass is 387 g/mol. The summed E-state index contributed by atoms with van der Waals surface area (Å²) in [4.78, 5) is 28.8. The normalized spacial score (nSPS) is 14.0. The molecule has 2 heterocycles. The number of rotatable bonds is 7. The Bertz CT molecular complexity index is 740. The predicted molar refractivity (Wildman–Crippen MR) is 107 cm³/mol. The minimum Gasteiger partial charge on any atom is -0.378 e. The van der Waals surface area contributed by atoms with E-state index in [1.54, 1.807) is 18.0 Å². The lowest BCUT2D eigenvalue weighted by molar-refractivity contribution is -0.130. The van der Waals surface area contributed by atoms with Crippen molar-refractivity contribution in [2.24, 2.45) is 0 Å². The molecule has 1 saturated heterocycles. The first kappa shape index (κ1) is 19.4. The average molecular weight is 388 g/mol. The largest absolute Gasteiger partial charge is 0.378 e. The summed E-state index contributed by atoms with van der Waals surface area (Å²) in [5.74, 6) is -0.113. The van der Waals surface area contributed by atoms with E-state index in [2.05, 4.69) is 34.5 Å². The van der Waals surface area contributed by atoms with Gasteiger partial charge in [-0.1, -0.05) is 18.2 Å². The van der Waals surface area contributed by atoms with E-state index in [0.717, 1.165) is 31.9 Å². The molecule has 1 N–H and O–H groups in total. The molecule has 0 bridgehead atoms. The number of amides is 2. The van der Waals surface area contributed by atoms with Crippen molar-refractivity contribution in [3.05, 3.63) is 52.2 Å². The fourth-order valence-electron chi connectivity index (χ4n) is 2.96. The van der Waals surface area contributed by atoms with Crippen molar-refractivity contribution in [2.45, 2.75) is 13.0 Å². The Morgan fingerprint density at radius 1 is 1.19 bits per heavy atom. The number of carbonyl (C=O) groups excluding carboxylic acids is 2. The third-order valence-electron chi connectivity index (χ3n) is 4.53. The van der Waals surface area contributed by atoms with Gasteiger partial charge >= 0.3 is 0 Å². The first-order valence-electron chi connectivity index (χ1n) is 9.11. The van der Waals surface area contributed by atoms with Gasteiger partial charge in [0.05, 0.1) is 18.1 Å². The quantitative estimate of drug-likeness (QED) is 0.792. The Hall–Kier alpha value is -2.38. The highest BCUT2D eigenvalue weighted by Crippen LogP contribution is 2.17. The van der Waals surface area contributed by atoms with Gasteiger partial charge in [0, 0.05) is 45.3 Å². The van der Waals surface area contributed by atoms with Gasteiger partial charge < -0.3 is 19.9 Å². The lowest BCUT2D eigenvalue weighted by Gasteiger charge is -2.29. The molecule has 144 valence electrons. The number of nitrogens with zero attached hydrogens (tertiary/aromatic N) is 2. The molecule has 0 atom stereocenters. The Morgan fingerprint density at radius 3 is 2.59 bits per heavy atom. The SMILES string of the molecule is CN(Cc1ccc(N2CCOCC2)cc1)C(=O)CCNC(=O)c1cccs1. The minimum absolute atomic E-state index is 0.0127. The van der Waals surface area contributed by atoms with E-state index >= 15 is 0 Å². The van der Waals surface area contributed by atoms with Crippen LogP contribution in [-0.4, -0.2) is 56.6 Å². The standard InChI is InChI=1S/C20H25N3O3S/c1-22(19(24)8-9-21-20(25)18-3-2-14-27-18)15-16-4-6-17(7-5-16)23-10-12-26-13-11-23/h2-7,14H,8-13,15H2,1H3,(H,21,25). The first-order chi connectivity index (χ1) is 13.1. The molecule has 6 nitrogen and oxygen atoms in total. The van der Waals surface area contributed by atoms with E-state index in [9.17, 15) is 9.59 Å². The summed E-state index contributed by atoms with van der Waals surface area (Å²) in [6, 6.07) is 11.9. The number of ether oxygens (including phenoxy) is 1. The molecule has 0 radical (unpaired) electrons. The molecule has 0 spiro atoms. The molecule has 1 aliphatic rings. The molecule has 2 amide bonds. The highest BCUT2D eigenvalue weighted by atomic mass is 32.1. The lowest BCUT2D eigenvalue weighted by atomic mass is 10.1. The van der Waals surface area contributed by atoms with Crippen LogP contribution >= 0.6 is 11.3 Å². The van der Waals surface area contributed by atoms with Gasteiger partial charge in [0.1, 0.15) is 0 Å². The zero-order valence-electron chi connectivity index (χ0n) is 15.5. The summed E-state index contributed by atoms with van der Waals surface area (Å²) in [6.45, 7) is 4.25. The Balaban J connectivity index is 1.42. The summed E-state index contributed by atoms with van der Waals surface area (Å²) in [6.07, 6.45) is 0.291. The van der Waals surface area contributed by atoms with E-state index < -0.39 is 0 Å². The predicted octanol–water partition coefficient (Wildman–Crippen LogP) is 2.36. The van der Waals surface area contributed by atoms with Crippen molar-refractivity contribution in [1.29, 1.82) is 0 Å². The third-order valence-corrected chi connectivity index (χ3v) is 5.40. The van der Waals surface area contributed by atoms with Crippen LogP contribution in [0.15, 0.2) is 41.8 Å². The molecule has 1 fully saturated rings. The maximum Gasteiger partial charge on any atom is 0.261 e. The van der Waals surface area contributed by atoms with E-state index in [-0.39, 0.29) is 11.8 Å². The maximum atomic E-state index is 12.3. The van der Waals surface area contributed by atoms with Crippen LogP contribution in [0.2, 0.25) is 0 Å². The first-order valence-corrected chi connectivity index (χ1v) is 9.99. The number of hydrogen-bond donors (Lipinski definition) is 1. The zero-order valence-corrected chi connectivity index (χ0v) is 16.3. The van der Waals surface area contributed by atoms with Crippen molar-refractivity contribution >= 4 is 28.8 Å². The molecule has 7 heteroatoms. The van der Waals surface area contributed by atoms with Crippen LogP contribution in [0.1, 0.15) is 21.7 Å². The minimum atomic E-state index is -0.126. The fourth-order valence-corrected chi connectivity index (χ4v) is 3.60. The van der Waals surface area contributed by atoms with Crippen molar-refractivity contribution in [1.82, 2.24) is 10.2 Å². The molecule has 1 aromatic heterocycles. The van der Waals surface area contributed by atoms with Crippen LogP contribution in [0.5, 0.6) is 0 Å². The highest BCUT2D eigenvalue weighted by Gasteiger charge is 2.13. The molecule has 3 rings (SSSR count). The number of benzene rings is 1. The van der Waals surface area contributed by atoms with Crippen molar-refractivity contribution in [2.75, 3.05) is 44.8 Å². The smallest absolute Gasteiger partial charge is 0.261 e. The summed E-state index contributed by atoms with van der Waals surface area (Å²) in [5, 5.41) is 4.65. The molecule has 0 saturated carbocycles. The number of nitrogens with one attached hydrogen (secondary N) is 1. The molecular formula is C20H25N3O3S. The Morgan fingerprint density at radius 2 is 1.93 bits per heavy atom. The average Bonchev–Trinajstić information content (AvgIpc) is 3.24. The topological polar surface area (TPSA) is 61.9 Å². The van der Waals surface area contributed by atoms with Crippen LogP contribution < -0.4 is 10.2 Å². The lowest BCUT2D eigenvalue weighted by Crippen LogP contribution is -2.36. The van der Waals surface area contributed by atoms with Crippen molar-refractivity contribution in [3.8, 4) is 0 Å². The number of morpholine rings is 1. The summed E-state index contributed by atoms with van der Waals surface area (Å²) in [7, 11) is 1.79. The molecule has 1 aromatic carbocycles. The summed E-state index contributed by atoms with van der Waals surface area (Å²) >= 11 is 1.39. The van der Waals surface area contributed by atoms with Gasteiger partial charge in [-0.25, -0.2) is 0 Å². The maximum absolute atomic E-state index is 12.3. The Labute approximate surface area is 163 Å². The molecule has 0 unspecified atom stereocenters. The molecule has 27 heavy (non-hydrogen) atoms.